The molecule has 1 aromatic heterocycles. The van der Waals surface area contributed by atoms with Gasteiger partial charge in [-0.15, -0.1) is 0 Å². The van der Waals surface area contributed by atoms with Gasteiger partial charge in [0.2, 0.25) is 0 Å². The molecule has 6 heteroatoms. The average molecular weight is 380 g/mol. The molecule has 4 rings (SSSR count). The quantitative estimate of drug-likeness (QED) is 0.469. The second-order valence-corrected chi connectivity index (χ2v) is 7.22. The lowest BCUT2D eigenvalue weighted by Crippen LogP contribution is -2.20. The molecule has 0 fully saturated rings. The maximum absolute atomic E-state index is 10.2. The van der Waals surface area contributed by atoms with E-state index in [1.807, 2.05) is 54.6 Å². The highest BCUT2D eigenvalue weighted by atomic mass is 32.2. The average Bonchev–Trinajstić information content (AvgIpc) is 3.12. The number of imidazole rings is 1. The first-order valence-corrected chi connectivity index (χ1v) is 9.66. The third kappa shape index (κ3) is 4.18. The van der Waals surface area contributed by atoms with Crippen molar-refractivity contribution in [3.8, 4) is 11.5 Å². The maximum atomic E-state index is 10.2. The van der Waals surface area contributed by atoms with Crippen molar-refractivity contribution < 1.29 is 14.6 Å². The highest BCUT2D eigenvalue weighted by molar-refractivity contribution is 7.99. The molecular weight excluding hydrogens is 360 g/mol. The van der Waals surface area contributed by atoms with Crippen LogP contribution in [0.1, 0.15) is 0 Å². The molecule has 0 saturated carbocycles. The van der Waals surface area contributed by atoms with Gasteiger partial charge in [0.05, 0.1) is 24.2 Å². The van der Waals surface area contributed by atoms with Gasteiger partial charge >= 0.3 is 0 Å². The molecule has 0 aliphatic carbocycles. The van der Waals surface area contributed by atoms with Crippen LogP contribution in [0, 0.1) is 0 Å². The molecule has 0 amide bonds. The number of aromatic nitrogens is 2. The number of ether oxygens (including phenoxy) is 2. The molecule has 2 N–H and O–H groups in total. The zero-order valence-electron chi connectivity index (χ0n) is 14.9. The molecule has 0 aliphatic rings. The molecule has 0 aliphatic heterocycles. The number of aliphatic hydroxyl groups is 1. The third-order valence-electron chi connectivity index (χ3n) is 4.24. The second kappa shape index (κ2) is 7.90. The van der Waals surface area contributed by atoms with E-state index < -0.39 is 6.10 Å². The van der Waals surface area contributed by atoms with Crippen molar-refractivity contribution in [3.63, 3.8) is 0 Å². The largest absolute Gasteiger partial charge is 0.497 e. The third-order valence-corrected chi connectivity index (χ3v) is 5.26. The molecule has 0 spiro atoms. The molecule has 138 valence electrons. The Morgan fingerprint density at radius 3 is 2.70 bits per heavy atom. The van der Waals surface area contributed by atoms with Crippen molar-refractivity contribution in [2.45, 2.75) is 11.3 Å². The number of methoxy groups -OCH3 is 1. The van der Waals surface area contributed by atoms with Crippen molar-refractivity contribution >= 4 is 33.6 Å². The molecule has 5 nitrogen and oxygen atoms in total. The minimum Gasteiger partial charge on any atom is -0.497 e. The standard InChI is InChI=1S/C21H20N2O3S/c1-25-17-8-9-19-20(11-17)23-21(22-19)27-13-16(24)12-26-18-7-6-14-4-2-3-5-15(14)10-18/h2-11,16,24H,12-13H2,1H3,(H,22,23). The zero-order chi connectivity index (χ0) is 18.6. The van der Waals surface area contributed by atoms with Crippen molar-refractivity contribution in [2.75, 3.05) is 19.5 Å². The Morgan fingerprint density at radius 1 is 1.04 bits per heavy atom. The molecule has 0 saturated heterocycles. The highest BCUT2D eigenvalue weighted by Crippen LogP contribution is 2.24. The number of hydrogen-bond acceptors (Lipinski definition) is 5. The summed E-state index contributed by atoms with van der Waals surface area (Å²) in [4.78, 5) is 7.75. The summed E-state index contributed by atoms with van der Waals surface area (Å²) in [5.41, 5.74) is 1.79. The van der Waals surface area contributed by atoms with Crippen LogP contribution in [0.25, 0.3) is 21.8 Å². The summed E-state index contributed by atoms with van der Waals surface area (Å²) < 4.78 is 11.0. The van der Waals surface area contributed by atoms with Crippen LogP contribution in [0.3, 0.4) is 0 Å². The summed E-state index contributed by atoms with van der Waals surface area (Å²) in [5, 5.41) is 13.3. The van der Waals surface area contributed by atoms with Crippen LogP contribution >= 0.6 is 11.8 Å². The molecule has 27 heavy (non-hydrogen) atoms. The van der Waals surface area contributed by atoms with Gasteiger partial charge in [-0.1, -0.05) is 42.1 Å². The van der Waals surface area contributed by atoms with Crippen LogP contribution in [0.4, 0.5) is 0 Å². The lowest BCUT2D eigenvalue weighted by molar-refractivity contribution is 0.126. The predicted octanol–water partition coefficient (Wildman–Crippen LogP) is 4.26. The van der Waals surface area contributed by atoms with Crippen LogP contribution in [-0.4, -0.2) is 40.6 Å². The van der Waals surface area contributed by atoms with Gasteiger partial charge in [-0.3, -0.25) is 0 Å². The number of benzene rings is 3. The number of nitrogens with one attached hydrogen (secondary N) is 1. The first-order valence-electron chi connectivity index (χ1n) is 8.67. The van der Waals surface area contributed by atoms with E-state index in [-0.39, 0.29) is 6.61 Å². The summed E-state index contributed by atoms with van der Waals surface area (Å²) in [6.45, 7) is 0.236. The van der Waals surface area contributed by atoms with Gasteiger partial charge < -0.3 is 19.6 Å². The van der Waals surface area contributed by atoms with Crippen molar-refractivity contribution in [1.82, 2.24) is 9.97 Å². The Bertz CT molecular complexity index is 1060. The summed E-state index contributed by atoms with van der Waals surface area (Å²) in [6, 6.07) is 19.8. The van der Waals surface area contributed by atoms with E-state index in [0.29, 0.717) is 5.75 Å². The van der Waals surface area contributed by atoms with Gasteiger partial charge in [-0.05, 0) is 35.0 Å². The highest BCUT2D eigenvalue weighted by Gasteiger charge is 2.10. The minimum absolute atomic E-state index is 0.236. The molecule has 0 bridgehead atoms. The summed E-state index contributed by atoms with van der Waals surface area (Å²) in [6.07, 6.45) is -0.593. The molecule has 0 radical (unpaired) electrons. The van der Waals surface area contributed by atoms with Crippen LogP contribution < -0.4 is 9.47 Å². The van der Waals surface area contributed by atoms with Gasteiger partial charge in [-0.2, -0.15) is 0 Å². The monoisotopic (exact) mass is 380 g/mol. The normalized spacial score (nSPS) is 12.4. The van der Waals surface area contributed by atoms with Crippen molar-refractivity contribution in [3.05, 3.63) is 60.7 Å². The maximum Gasteiger partial charge on any atom is 0.166 e. The molecule has 4 aromatic rings. The number of H-pyrrole nitrogens is 1. The molecule has 1 unspecified atom stereocenters. The fourth-order valence-electron chi connectivity index (χ4n) is 2.83. The first-order chi connectivity index (χ1) is 13.2. The first kappa shape index (κ1) is 17.7. The van der Waals surface area contributed by atoms with Gasteiger partial charge in [0.1, 0.15) is 18.1 Å². The predicted molar refractivity (Wildman–Crippen MR) is 109 cm³/mol. The van der Waals surface area contributed by atoms with Crippen LogP contribution in [0.2, 0.25) is 0 Å². The minimum atomic E-state index is -0.593. The second-order valence-electron chi connectivity index (χ2n) is 6.21. The molecule has 1 atom stereocenters. The Labute approximate surface area is 161 Å². The zero-order valence-corrected chi connectivity index (χ0v) is 15.7. The Morgan fingerprint density at radius 2 is 1.85 bits per heavy atom. The Hall–Kier alpha value is -2.70. The number of aliphatic hydroxyl groups excluding tert-OH is 1. The smallest absolute Gasteiger partial charge is 0.166 e. The topological polar surface area (TPSA) is 67.4 Å². The van der Waals surface area contributed by atoms with Gasteiger partial charge in [-0.25, -0.2) is 4.98 Å². The number of fused-ring (bicyclic) bond motifs is 2. The van der Waals surface area contributed by atoms with E-state index in [1.165, 1.54) is 17.1 Å². The SMILES string of the molecule is COc1ccc2nc(SCC(O)COc3ccc4ccccc4c3)[nH]c2c1. The van der Waals surface area contributed by atoms with Gasteiger partial charge in [0.25, 0.3) is 0 Å². The van der Waals surface area contributed by atoms with E-state index in [4.69, 9.17) is 9.47 Å². The number of hydrogen-bond donors (Lipinski definition) is 2. The number of thioether (sulfide) groups is 1. The molecular formula is C21H20N2O3S. The molecule has 1 heterocycles. The van der Waals surface area contributed by atoms with Crippen LogP contribution in [0.15, 0.2) is 65.8 Å². The van der Waals surface area contributed by atoms with Gasteiger partial charge in [0, 0.05) is 11.8 Å². The Kier molecular flexibility index (Phi) is 5.18. The number of nitrogens with zero attached hydrogens (tertiary/aromatic N) is 1. The lowest BCUT2D eigenvalue weighted by Gasteiger charge is -2.12. The fraction of sp³-hybridized carbons (Fsp3) is 0.190. The fourth-order valence-corrected chi connectivity index (χ4v) is 3.63. The summed E-state index contributed by atoms with van der Waals surface area (Å²) in [5.74, 6) is 2.03. The van der Waals surface area contributed by atoms with E-state index in [9.17, 15) is 5.11 Å². The van der Waals surface area contributed by atoms with E-state index in [1.54, 1.807) is 7.11 Å². The summed E-state index contributed by atoms with van der Waals surface area (Å²) >= 11 is 1.47. The Balaban J connectivity index is 1.33. The lowest BCUT2D eigenvalue weighted by atomic mass is 10.1. The van der Waals surface area contributed by atoms with E-state index >= 15 is 0 Å². The summed E-state index contributed by atoms with van der Waals surface area (Å²) in [7, 11) is 1.64. The van der Waals surface area contributed by atoms with E-state index in [0.717, 1.165) is 33.1 Å². The van der Waals surface area contributed by atoms with Crippen LogP contribution in [-0.2, 0) is 0 Å². The van der Waals surface area contributed by atoms with E-state index in [2.05, 4.69) is 16.0 Å². The van der Waals surface area contributed by atoms with Crippen LogP contribution in [0.5, 0.6) is 11.5 Å². The van der Waals surface area contributed by atoms with Gasteiger partial charge in [0.15, 0.2) is 5.16 Å². The molecule has 3 aromatic carbocycles. The number of rotatable bonds is 7. The van der Waals surface area contributed by atoms with Crippen molar-refractivity contribution in [1.29, 1.82) is 0 Å². The number of aromatic amines is 1. The van der Waals surface area contributed by atoms with Crippen molar-refractivity contribution in [2.24, 2.45) is 0 Å².